The van der Waals surface area contributed by atoms with Gasteiger partial charge < -0.3 is 0 Å². The van der Waals surface area contributed by atoms with Crippen LogP contribution < -0.4 is 0 Å². The summed E-state index contributed by atoms with van der Waals surface area (Å²) < 4.78 is 0. The SMILES string of the molecule is Clc1ccc(-c2cncc(CN3CCC(c4ccc(Cl)cc4)CC3)c2)cc1. The van der Waals surface area contributed by atoms with E-state index in [2.05, 4.69) is 28.1 Å². The molecule has 2 heterocycles. The molecule has 1 aliphatic heterocycles. The molecule has 0 N–H and O–H groups in total. The molecule has 0 saturated carbocycles. The van der Waals surface area contributed by atoms with E-state index in [1.54, 1.807) is 0 Å². The zero-order chi connectivity index (χ0) is 18.6. The third-order valence-corrected chi connectivity index (χ3v) is 5.81. The highest BCUT2D eigenvalue weighted by Crippen LogP contribution is 2.30. The van der Waals surface area contributed by atoms with E-state index in [1.807, 2.05) is 48.8 Å². The van der Waals surface area contributed by atoms with Crippen molar-refractivity contribution in [3.05, 3.63) is 88.2 Å². The molecule has 0 spiro atoms. The fraction of sp³-hybridized carbons (Fsp3) is 0.261. The van der Waals surface area contributed by atoms with E-state index in [0.717, 1.165) is 40.8 Å². The number of halogens is 2. The number of nitrogens with zero attached hydrogens (tertiary/aromatic N) is 2. The van der Waals surface area contributed by atoms with Crippen molar-refractivity contribution in [2.24, 2.45) is 0 Å². The van der Waals surface area contributed by atoms with Crippen molar-refractivity contribution in [2.45, 2.75) is 25.3 Å². The molecule has 1 aromatic heterocycles. The van der Waals surface area contributed by atoms with Crippen molar-refractivity contribution in [1.29, 1.82) is 0 Å². The summed E-state index contributed by atoms with van der Waals surface area (Å²) in [7, 11) is 0. The number of pyridine rings is 1. The zero-order valence-electron chi connectivity index (χ0n) is 15.1. The lowest BCUT2D eigenvalue weighted by Gasteiger charge is -2.32. The zero-order valence-corrected chi connectivity index (χ0v) is 16.6. The maximum Gasteiger partial charge on any atom is 0.0406 e. The molecule has 0 bridgehead atoms. The standard InChI is InChI=1S/C23H22Cl2N2/c24-22-5-1-18(2-6-22)20-9-11-27(12-10-20)16-17-13-21(15-26-14-17)19-3-7-23(25)8-4-19/h1-8,13-15,20H,9-12,16H2. The molecule has 2 aromatic carbocycles. The lowest BCUT2D eigenvalue weighted by atomic mass is 9.89. The van der Waals surface area contributed by atoms with Crippen LogP contribution in [0.5, 0.6) is 0 Å². The quantitative estimate of drug-likeness (QED) is 0.504. The van der Waals surface area contributed by atoms with Crippen LogP contribution in [0.15, 0.2) is 67.0 Å². The van der Waals surface area contributed by atoms with Crippen LogP contribution in [0.3, 0.4) is 0 Å². The first kappa shape index (κ1) is 18.5. The molecule has 27 heavy (non-hydrogen) atoms. The summed E-state index contributed by atoms with van der Waals surface area (Å²) >= 11 is 12.0. The van der Waals surface area contributed by atoms with Crippen molar-refractivity contribution in [2.75, 3.05) is 13.1 Å². The van der Waals surface area contributed by atoms with E-state index in [0.29, 0.717) is 5.92 Å². The van der Waals surface area contributed by atoms with Gasteiger partial charge >= 0.3 is 0 Å². The molecule has 1 saturated heterocycles. The van der Waals surface area contributed by atoms with Crippen LogP contribution in [0.2, 0.25) is 10.0 Å². The lowest BCUT2D eigenvalue weighted by Crippen LogP contribution is -2.32. The summed E-state index contributed by atoms with van der Waals surface area (Å²) in [5.41, 5.74) is 4.95. The van der Waals surface area contributed by atoms with E-state index in [4.69, 9.17) is 23.2 Å². The molecule has 0 radical (unpaired) electrons. The first-order valence-electron chi connectivity index (χ1n) is 9.35. The monoisotopic (exact) mass is 396 g/mol. The molecule has 138 valence electrons. The summed E-state index contributed by atoms with van der Waals surface area (Å²) in [6.07, 6.45) is 6.27. The molecule has 0 unspecified atom stereocenters. The van der Waals surface area contributed by atoms with Crippen LogP contribution in [0, 0.1) is 0 Å². The molecular formula is C23H22Cl2N2. The lowest BCUT2D eigenvalue weighted by molar-refractivity contribution is 0.204. The van der Waals surface area contributed by atoms with Gasteiger partial charge in [0.15, 0.2) is 0 Å². The Kier molecular flexibility index (Phi) is 5.77. The molecule has 0 atom stereocenters. The maximum atomic E-state index is 6.01. The Balaban J connectivity index is 1.38. The topological polar surface area (TPSA) is 16.1 Å². The summed E-state index contributed by atoms with van der Waals surface area (Å²) in [4.78, 5) is 6.97. The highest BCUT2D eigenvalue weighted by molar-refractivity contribution is 6.30. The summed E-state index contributed by atoms with van der Waals surface area (Å²) in [6, 6.07) is 18.5. The second-order valence-electron chi connectivity index (χ2n) is 7.19. The number of hydrogen-bond acceptors (Lipinski definition) is 2. The largest absolute Gasteiger partial charge is 0.299 e. The van der Waals surface area contributed by atoms with E-state index < -0.39 is 0 Å². The van der Waals surface area contributed by atoms with Gasteiger partial charge in [0.25, 0.3) is 0 Å². The van der Waals surface area contributed by atoms with Gasteiger partial charge in [-0.3, -0.25) is 9.88 Å². The van der Waals surface area contributed by atoms with Crippen LogP contribution in [0.25, 0.3) is 11.1 Å². The van der Waals surface area contributed by atoms with Crippen LogP contribution in [-0.2, 0) is 6.54 Å². The van der Waals surface area contributed by atoms with Gasteiger partial charge in [-0.1, -0.05) is 47.5 Å². The average Bonchev–Trinajstić information content (AvgIpc) is 2.70. The normalized spacial score (nSPS) is 15.8. The second-order valence-corrected chi connectivity index (χ2v) is 8.06. The predicted octanol–water partition coefficient (Wildman–Crippen LogP) is 6.44. The minimum absolute atomic E-state index is 0.636. The van der Waals surface area contributed by atoms with Crippen molar-refractivity contribution < 1.29 is 0 Å². The summed E-state index contributed by atoms with van der Waals surface area (Å²) in [6.45, 7) is 3.17. The van der Waals surface area contributed by atoms with Gasteiger partial charge in [0, 0.05) is 34.5 Å². The Bertz CT molecular complexity index is 883. The number of rotatable bonds is 4. The number of piperidine rings is 1. The molecular weight excluding hydrogens is 375 g/mol. The summed E-state index contributed by atoms with van der Waals surface area (Å²) in [5, 5.41) is 1.57. The first-order valence-corrected chi connectivity index (χ1v) is 10.1. The molecule has 1 aliphatic rings. The minimum Gasteiger partial charge on any atom is -0.299 e. The third kappa shape index (κ3) is 4.70. The number of benzene rings is 2. The van der Waals surface area contributed by atoms with Gasteiger partial charge in [-0.25, -0.2) is 0 Å². The Morgan fingerprint density at radius 3 is 2.11 bits per heavy atom. The molecule has 3 aromatic rings. The van der Waals surface area contributed by atoms with Crippen LogP contribution in [0.1, 0.15) is 29.9 Å². The molecule has 2 nitrogen and oxygen atoms in total. The molecule has 4 heteroatoms. The van der Waals surface area contributed by atoms with Gasteiger partial charge in [0.1, 0.15) is 0 Å². The fourth-order valence-corrected chi connectivity index (χ4v) is 4.04. The van der Waals surface area contributed by atoms with Crippen molar-refractivity contribution >= 4 is 23.2 Å². The molecule has 4 rings (SSSR count). The maximum absolute atomic E-state index is 6.01. The summed E-state index contributed by atoms with van der Waals surface area (Å²) in [5.74, 6) is 0.636. The van der Waals surface area contributed by atoms with Crippen molar-refractivity contribution in [3.63, 3.8) is 0 Å². The Morgan fingerprint density at radius 2 is 1.44 bits per heavy atom. The van der Waals surface area contributed by atoms with Crippen LogP contribution >= 0.6 is 23.2 Å². The highest BCUT2D eigenvalue weighted by Gasteiger charge is 2.20. The third-order valence-electron chi connectivity index (χ3n) is 5.31. The number of hydrogen-bond donors (Lipinski definition) is 0. The van der Waals surface area contributed by atoms with E-state index in [-0.39, 0.29) is 0 Å². The molecule has 0 aliphatic carbocycles. The number of aromatic nitrogens is 1. The van der Waals surface area contributed by atoms with Gasteiger partial charge in [0.2, 0.25) is 0 Å². The molecule has 1 fully saturated rings. The first-order chi connectivity index (χ1) is 13.2. The highest BCUT2D eigenvalue weighted by atomic mass is 35.5. The minimum atomic E-state index is 0.636. The fourth-order valence-electron chi connectivity index (χ4n) is 3.79. The van der Waals surface area contributed by atoms with Crippen molar-refractivity contribution in [1.82, 2.24) is 9.88 Å². The smallest absolute Gasteiger partial charge is 0.0406 e. The van der Waals surface area contributed by atoms with Gasteiger partial charge in [-0.2, -0.15) is 0 Å². The van der Waals surface area contributed by atoms with Gasteiger partial charge in [-0.05, 0) is 78.9 Å². The van der Waals surface area contributed by atoms with E-state index in [9.17, 15) is 0 Å². The molecule has 0 amide bonds. The average molecular weight is 397 g/mol. The van der Waals surface area contributed by atoms with Gasteiger partial charge in [-0.15, -0.1) is 0 Å². The second kappa shape index (κ2) is 8.43. The van der Waals surface area contributed by atoms with E-state index >= 15 is 0 Å². The number of likely N-dealkylation sites (tertiary alicyclic amines) is 1. The van der Waals surface area contributed by atoms with Crippen LogP contribution in [0.4, 0.5) is 0 Å². The van der Waals surface area contributed by atoms with Crippen LogP contribution in [-0.4, -0.2) is 23.0 Å². The van der Waals surface area contributed by atoms with Gasteiger partial charge in [0.05, 0.1) is 0 Å². The predicted molar refractivity (Wildman–Crippen MR) is 113 cm³/mol. The van der Waals surface area contributed by atoms with E-state index in [1.165, 1.54) is 24.0 Å². The Labute approximate surface area is 170 Å². The van der Waals surface area contributed by atoms with Crippen molar-refractivity contribution in [3.8, 4) is 11.1 Å². The Morgan fingerprint density at radius 1 is 0.815 bits per heavy atom. The Hall–Kier alpha value is -1.87.